The third-order valence-electron chi connectivity index (χ3n) is 3.01. The van der Waals surface area contributed by atoms with Crippen LogP contribution in [-0.4, -0.2) is 24.8 Å². The molecule has 3 unspecified atom stereocenters. The summed E-state index contributed by atoms with van der Waals surface area (Å²) >= 11 is 0. The summed E-state index contributed by atoms with van der Waals surface area (Å²) in [5.41, 5.74) is 5.42. The van der Waals surface area contributed by atoms with Gasteiger partial charge in [0.1, 0.15) is 0 Å². The molecule has 15 heavy (non-hydrogen) atoms. The number of hydrogen-bond acceptors (Lipinski definition) is 2. The summed E-state index contributed by atoms with van der Waals surface area (Å²) in [6, 6.07) is 0.0749. The molecule has 3 N–H and O–H groups in total. The highest BCUT2D eigenvalue weighted by Gasteiger charge is 2.42. The predicted octanol–water partition coefficient (Wildman–Crippen LogP) is 2.04. The van der Waals surface area contributed by atoms with Crippen LogP contribution in [0, 0.1) is 5.92 Å². The maximum absolute atomic E-state index is 12.5. The van der Waals surface area contributed by atoms with Gasteiger partial charge in [0, 0.05) is 18.6 Å². The zero-order chi connectivity index (χ0) is 11.5. The minimum absolute atomic E-state index is 0.0241. The molecule has 1 aliphatic rings. The highest BCUT2D eigenvalue weighted by atomic mass is 19.4. The summed E-state index contributed by atoms with van der Waals surface area (Å²) in [7, 11) is 0. The molecule has 0 radical (unpaired) electrons. The van der Waals surface area contributed by atoms with E-state index in [-0.39, 0.29) is 24.9 Å². The first kappa shape index (κ1) is 12.8. The van der Waals surface area contributed by atoms with Crippen molar-refractivity contribution in [3.8, 4) is 0 Å². The van der Waals surface area contributed by atoms with E-state index in [0.717, 1.165) is 6.42 Å². The first-order valence-electron chi connectivity index (χ1n) is 5.46. The molecule has 0 aromatic carbocycles. The monoisotopic (exact) mass is 224 g/mol. The van der Waals surface area contributed by atoms with Gasteiger partial charge in [-0.05, 0) is 26.2 Å². The summed E-state index contributed by atoms with van der Waals surface area (Å²) in [6.07, 6.45) is -2.07. The maximum atomic E-state index is 12.5. The smallest absolute Gasteiger partial charge is 0.329 e. The Hall–Kier alpha value is -0.290. The van der Waals surface area contributed by atoms with E-state index in [9.17, 15) is 13.2 Å². The molecule has 3 atom stereocenters. The molecular weight excluding hydrogens is 205 g/mol. The summed E-state index contributed by atoms with van der Waals surface area (Å²) in [5.74, 6) is -1.13. The van der Waals surface area contributed by atoms with Gasteiger partial charge in [0.05, 0.1) is 5.92 Å². The van der Waals surface area contributed by atoms with Crippen LogP contribution in [0.3, 0.4) is 0 Å². The van der Waals surface area contributed by atoms with Gasteiger partial charge >= 0.3 is 6.18 Å². The average molecular weight is 224 g/mol. The number of nitrogens with one attached hydrogen (secondary N) is 1. The first-order valence-corrected chi connectivity index (χ1v) is 5.46. The number of alkyl halides is 3. The molecule has 0 aromatic heterocycles. The Morgan fingerprint density at radius 2 is 2.07 bits per heavy atom. The van der Waals surface area contributed by atoms with E-state index in [1.165, 1.54) is 0 Å². The van der Waals surface area contributed by atoms with Gasteiger partial charge in [0.25, 0.3) is 0 Å². The lowest BCUT2D eigenvalue weighted by Crippen LogP contribution is -2.45. The molecule has 5 heteroatoms. The quantitative estimate of drug-likeness (QED) is 0.770. The lowest BCUT2D eigenvalue weighted by Gasteiger charge is -2.32. The third kappa shape index (κ3) is 3.99. The van der Waals surface area contributed by atoms with E-state index in [1.807, 2.05) is 6.92 Å². The molecule has 1 saturated carbocycles. The van der Waals surface area contributed by atoms with Crippen LogP contribution in [0.4, 0.5) is 13.2 Å². The van der Waals surface area contributed by atoms with Gasteiger partial charge in [-0.3, -0.25) is 0 Å². The van der Waals surface area contributed by atoms with Crippen molar-refractivity contribution in [2.75, 3.05) is 6.54 Å². The molecule has 0 heterocycles. The largest absolute Gasteiger partial charge is 0.391 e. The molecule has 0 amide bonds. The Morgan fingerprint density at radius 3 is 2.60 bits per heavy atom. The molecule has 0 aliphatic heterocycles. The van der Waals surface area contributed by atoms with Gasteiger partial charge in [-0.2, -0.15) is 13.2 Å². The van der Waals surface area contributed by atoms with Crippen LogP contribution in [0.5, 0.6) is 0 Å². The molecule has 0 aromatic rings. The Kier molecular flexibility index (Phi) is 4.40. The second-order valence-corrected chi connectivity index (χ2v) is 4.41. The Bertz CT molecular complexity index is 194. The standard InChI is InChI=1S/C10H19F3N2/c1-7(6-14)15-9-4-2-3-8(5-9)10(11,12)13/h7-9,15H,2-6,14H2,1H3. The number of rotatable bonds is 3. The van der Waals surface area contributed by atoms with E-state index in [0.29, 0.717) is 13.0 Å². The van der Waals surface area contributed by atoms with Gasteiger partial charge < -0.3 is 11.1 Å². The fourth-order valence-corrected chi connectivity index (χ4v) is 2.11. The zero-order valence-corrected chi connectivity index (χ0v) is 8.98. The zero-order valence-electron chi connectivity index (χ0n) is 8.98. The van der Waals surface area contributed by atoms with Gasteiger partial charge in [0.15, 0.2) is 0 Å². The molecule has 90 valence electrons. The number of nitrogens with two attached hydrogens (primary N) is 1. The second-order valence-electron chi connectivity index (χ2n) is 4.41. The minimum atomic E-state index is -4.04. The lowest BCUT2D eigenvalue weighted by molar-refractivity contribution is -0.183. The van der Waals surface area contributed by atoms with Crippen molar-refractivity contribution >= 4 is 0 Å². The summed E-state index contributed by atoms with van der Waals surface area (Å²) in [4.78, 5) is 0. The van der Waals surface area contributed by atoms with Crippen LogP contribution >= 0.6 is 0 Å². The molecule has 0 spiro atoms. The van der Waals surface area contributed by atoms with Gasteiger partial charge in [0.2, 0.25) is 0 Å². The highest BCUT2D eigenvalue weighted by molar-refractivity contribution is 4.83. The van der Waals surface area contributed by atoms with Crippen molar-refractivity contribution in [1.29, 1.82) is 0 Å². The van der Waals surface area contributed by atoms with Gasteiger partial charge in [-0.15, -0.1) is 0 Å². The van der Waals surface area contributed by atoms with E-state index < -0.39 is 12.1 Å². The minimum Gasteiger partial charge on any atom is -0.329 e. The van der Waals surface area contributed by atoms with Gasteiger partial charge in [-0.1, -0.05) is 6.42 Å². The number of hydrogen-bond donors (Lipinski definition) is 2. The van der Waals surface area contributed by atoms with E-state index in [4.69, 9.17) is 5.73 Å². The van der Waals surface area contributed by atoms with Crippen molar-refractivity contribution < 1.29 is 13.2 Å². The van der Waals surface area contributed by atoms with Crippen molar-refractivity contribution in [3.63, 3.8) is 0 Å². The Morgan fingerprint density at radius 1 is 1.40 bits per heavy atom. The van der Waals surface area contributed by atoms with Crippen molar-refractivity contribution in [2.24, 2.45) is 11.7 Å². The SMILES string of the molecule is CC(CN)NC1CCCC(C(F)(F)F)C1. The normalized spacial score (nSPS) is 30.2. The van der Waals surface area contributed by atoms with E-state index in [2.05, 4.69) is 5.32 Å². The molecule has 2 nitrogen and oxygen atoms in total. The van der Waals surface area contributed by atoms with Crippen LogP contribution in [0.25, 0.3) is 0 Å². The highest BCUT2D eigenvalue weighted by Crippen LogP contribution is 2.37. The molecule has 1 fully saturated rings. The van der Waals surface area contributed by atoms with E-state index >= 15 is 0 Å². The second kappa shape index (κ2) is 5.16. The van der Waals surface area contributed by atoms with Crippen molar-refractivity contribution in [3.05, 3.63) is 0 Å². The van der Waals surface area contributed by atoms with Crippen LogP contribution in [0.2, 0.25) is 0 Å². The molecular formula is C10H19F3N2. The Balaban J connectivity index is 2.42. The fourth-order valence-electron chi connectivity index (χ4n) is 2.11. The van der Waals surface area contributed by atoms with Crippen LogP contribution in [0.1, 0.15) is 32.6 Å². The molecule has 0 saturated heterocycles. The molecule has 1 rings (SSSR count). The molecule has 1 aliphatic carbocycles. The number of halogens is 3. The summed E-state index contributed by atoms with van der Waals surface area (Å²) < 4.78 is 37.4. The third-order valence-corrected chi connectivity index (χ3v) is 3.01. The molecule has 0 bridgehead atoms. The lowest BCUT2D eigenvalue weighted by atomic mass is 9.85. The van der Waals surface area contributed by atoms with Crippen LogP contribution in [-0.2, 0) is 0 Å². The topological polar surface area (TPSA) is 38.0 Å². The van der Waals surface area contributed by atoms with E-state index in [1.54, 1.807) is 0 Å². The van der Waals surface area contributed by atoms with Crippen molar-refractivity contribution in [1.82, 2.24) is 5.32 Å². The first-order chi connectivity index (χ1) is 6.93. The van der Waals surface area contributed by atoms with Crippen LogP contribution < -0.4 is 11.1 Å². The fraction of sp³-hybridized carbons (Fsp3) is 1.00. The predicted molar refractivity (Wildman–Crippen MR) is 53.5 cm³/mol. The summed E-state index contributed by atoms with van der Waals surface area (Å²) in [6.45, 7) is 2.37. The Labute approximate surface area is 88.4 Å². The maximum Gasteiger partial charge on any atom is 0.391 e. The van der Waals surface area contributed by atoms with Gasteiger partial charge in [-0.25, -0.2) is 0 Å². The summed E-state index contributed by atoms with van der Waals surface area (Å²) in [5, 5.41) is 3.15. The average Bonchev–Trinajstić information content (AvgIpc) is 2.17. The van der Waals surface area contributed by atoms with Crippen molar-refractivity contribution in [2.45, 2.75) is 50.9 Å². The van der Waals surface area contributed by atoms with Crippen LogP contribution in [0.15, 0.2) is 0 Å².